The zero-order chi connectivity index (χ0) is 23.8. The molecule has 2 N–H and O–H groups in total. The molecule has 1 amide bonds. The fraction of sp³-hybridized carbons (Fsp3) is 0.125. The standard InChI is InChI=1S/C24H19F3N4O2/c1-14-6-7-18(30-22(32)15-4-3-5-16(10-15)24(25,26)27)12-21(14)29-17-8-9-20-19(11-17)23(33)31(2)13-28-20/h3-13,29H,1-2H3,(H,30,32). The predicted molar refractivity (Wildman–Crippen MR) is 121 cm³/mol. The SMILES string of the molecule is Cc1ccc(NC(=O)c2cccc(C(F)(F)F)c2)cc1Nc1ccc2ncn(C)c(=O)c2c1. The molecule has 4 aromatic rings. The second-order valence-corrected chi connectivity index (χ2v) is 7.58. The van der Waals surface area contributed by atoms with Crippen LogP contribution in [-0.4, -0.2) is 15.5 Å². The van der Waals surface area contributed by atoms with Crippen molar-refractivity contribution in [3.05, 3.63) is 94.0 Å². The van der Waals surface area contributed by atoms with Crippen LogP contribution >= 0.6 is 0 Å². The van der Waals surface area contributed by atoms with Gasteiger partial charge in [0.05, 0.1) is 22.8 Å². The highest BCUT2D eigenvalue weighted by Crippen LogP contribution is 2.30. The van der Waals surface area contributed by atoms with Crippen LogP contribution in [0.1, 0.15) is 21.5 Å². The monoisotopic (exact) mass is 452 g/mol. The molecule has 0 atom stereocenters. The van der Waals surface area contributed by atoms with Crippen LogP contribution in [0.2, 0.25) is 0 Å². The molecule has 1 heterocycles. The molecule has 1 aromatic heterocycles. The topological polar surface area (TPSA) is 76.0 Å². The predicted octanol–water partition coefficient (Wildman–Crippen LogP) is 5.26. The highest BCUT2D eigenvalue weighted by Gasteiger charge is 2.30. The Morgan fingerprint density at radius 2 is 1.76 bits per heavy atom. The highest BCUT2D eigenvalue weighted by molar-refractivity contribution is 6.04. The van der Waals surface area contributed by atoms with Crippen molar-refractivity contribution in [3.8, 4) is 0 Å². The summed E-state index contributed by atoms with van der Waals surface area (Å²) in [6, 6.07) is 14.5. The molecule has 0 aliphatic carbocycles. The van der Waals surface area contributed by atoms with Crippen molar-refractivity contribution in [2.75, 3.05) is 10.6 Å². The number of hydrogen-bond donors (Lipinski definition) is 2. The Balaban J connectivity index is 1.59. The summed E-state index contributed by atoms with van der Waals surface area (Å²) >= 11 is 0. The molecular formula is C24H19F3N4O2. The lowest BCUT2D eigenvalue weighted by molar-refractivity contribution is -0.137. The molecule has 0 radical (unpaired) electrons. The number of anilines is 3. The van der Waals surface area contributed by atoms with Crippen molar-refractivity contribution >= 4 is 33.9 Å². The van der Waals surface area contributed by atoms with E-state index in [4.69, 9.17) is 0 Å². The van der Waals surface area contributed by atoms with E-state index < -0.39 is 17.6 Å². The molecule has 0 saturated carbocycles. The van der Waals surface area contributed by atoms with E-state index in [0.29, 0.717) is 28.0 Å². The maximum Gasteiger partial charge on any atom is 0.416 e. The third-order valence-electron chi connectivity index (χ3n) is 5.14. The smallest absolute Gasteiger partial charge is 0.355 e. The summed E-state index contributed by atoms with van der Waals surface area (Å²) in [5.74, 6) is -0.656. The van der Waals surface area contributed by atoms with Gasteiger partial charge in [-0.05, 0) is 61.0 Å². The van der Waals surface area contributed by atoms with E-state index in [1.807, 2.05) is 6.92 Å². The van der Waals surface area contributed by atoms with Crippen LogP contribution in [-0.2, 0) is 13.2 Å². The quantitative estimate of drug-likeness (QED) is 0.443. The van der Waals surface area contributed by atoms with Crippen molar-refractivity contribution in [1.82, 2.24) is 9.55 Å². The molecule has 4 rings (SSSR count). The van der Waals surface area contributed by atoms with Crippen LogP contribution < -0.4 is 16.2 Å². The van der Waals surface area contributed by atoms with Gasteiger partial charge in [0.1, 0.15) is 0 Å². The molecular weight excluding hydrogens is 433 g/mol. The summed E-state index contributed by atoms with van der Waals surface area (Å²) in [5, 5.41) is 6.30. The number of nitrogens with zero attached hydrogens (tertiary/aromatic N) is 2. The number of carbonyl (C=O) groups is 1. The van der Waals surface area contributed by atoms with E-state index >= 15 is 0 Å². The van der Waals surface area contributed by atoms with Crippen molar-refractivity contribution < 1.29 is 18.0 Å². The Kier molecular flexibility index (Phi) is 5.63. The van der Waals surface area contributed by atoms with Crippen LogP contribution in [0.5, 0.6) is 0 Å². The number of carbonyl (C=O) groups excluding carboxylic acids is 1. The number of nitrogens with one attached hydrogen (secondary N) is 2. The minimum atomic E-state index is -4.53. The van der Waals surface area contributed by atoms with Crippen LogP contribution in [0.4, 0.5) is 30.2 Å². The summed E-state index contributed by atoms with van der Waals surface area (Å²) in [5.41, 5.74) is 1.99. The van der Waals surface area contributed by atoms with Crippen molar-refractivity contribution in [2.24, 2.45) is 7.05 Å². The lowest BCUT2D eigenvalue weighted by Crippen LogP contribution is -2.16. The summed E-state index contributed by atoms with van der Waals surface area (Å²) < 4.78 is 40.2. The minimum absolute atomic E-state index is 0.0993. The third-order valence-corrected chi connectivity index (χ3v) is 5.14. The molecule has 0 spiro atoms. The van der Waals surface area contributed by atoms with Crippen LogP contribution in [0.3, 0.4) is 0 Å². The number of halogens is 3. The summed E-state index contributed by atoms with van der Waals surface area (Å²) in [6.07, 6.45) is -3.08. The summed E-state index contributed by atoms with van der Waals surface area (Å²) in [6.45, 7) is 1.86. The molecule has 9 heteroatoms. The van der Waals surface area contributed by atoms with Crippen LogP contribution in [0, 0.1) is 6.92 Å². The number of aromatic nitrogens is 2. The number of hydrogen-bond acceptors (Lipinski definition) is 4. The molecule has 33 heavy (non-hydrogen) atoms. The van der Waals surface area contributed by atoms with Gasteiger partial charge in [-0.3, -0.25) is 9.59 Å². The first-order chi connectivity index (χ1) is 15.6. The number of amides is 1. The Hall–Kier alpha value is -4.14. The number of alkyl halides is 3. The van der Waals surface area contributed by atoms with E-state index in [1.165, 1.54) is 23.0 Å². The van der Waals surface area contributed by atoms with Gasteiger partial charge >= 0.3 is 6.18 Å². The Morgan fingerprint density at radius 3 is 2.52 bits per heavy atom. The molecule has 0 unspecified atom stereocenters. The van der Waals surface area contributed by atoms with E-state index in [1.54, 1.807) is 43.4 Å². The van der Waals surface area contributed by atoms with Gasteiger partial charge in [0, 0.05) is 29.7 Å². The van der Waals surface area contributed by atoms with Crippen molar-refractivity contribution in [3.63, 3.8) is 0 Å². The first-order valence-corrected chi connectivity index (χ1v) is 9.93. The maximum atomic E-state index is 12.9. The third kappa shape index (κ3) is 4.72. The summed E-state index contributed by atoms with van der Waals surface area (Å²) in [4.78, 5) is 29.1. The lowest BCUT2D eigenvalue weighted by Gasteiger charge is -2.14. The fourth-order valence-corrected chi connectivity index (χ4v) is 3.32. The largest absolute Gasteiger partial charge is 0.416 e. The zero-order valence-corrected chi connectivity index (χ0v) is 17.7. The fourth-order valence-electron chi connectivity index (χ4n) is 3.32. The van der Waals surface area contributed by atoms with Crippen molar-refractivity contribution in [1.29, 1.82) is 0 Å². The molecule has 168 valence electrons. The lowest BCUT2D eigenvalue weighted by atomic mass is 10.1. The van der Waals surface area contributed by atoms with E-state index in [-0.39, 0.29) is 11.1 Å². The van der Waals surface area contributed by atoms with Gasteiger partial charge in [-0.15, -0.1) is 0 Å². The first kappa shape index (κ1) is 22.1. The number of rotatable bonds is 4. The van der Waals surface area contributed by atoms with Crippen LogP contribution in [0.15, 0.2) is 71.8 Å². The number of fused-ring (bicyclic) bond motifs is 1. The molecule has 0 fully saturated rings. The second kappa shape index (κ2) is 8.42. The average molecular weight is 452 g/mol. The van der Waals surface area contributed by atoms with E-state index in [2.05, 4.69) is 15.6 Å². The molecule has 0 saturated heterocycles. The van der Waals surface area contributed by atoms with E-state index in [0.717, 1.165) is 17.7 Å². The second-order valence-electron chi connectivity index (χ2n) is 7.58. The highest BCUT2D eigenvalue weighted by atomic mass is 19.4. The average Bonchev–Trinajstić information content (AvgIpc) is 2.78. The maximum absolute atomic E-state index is 12.9. The van der Waals surface area contributed by atoms with Gasteiger partial charge in [0.2, 0.25) is 0 Å². The number of aryl methyl sites for hydroxylation is 2. The van der Waals surface area contributed by atoms with Crippen molar-refractivity contribution in [2.45, 2.75) is 13.1 Å². The van der Waals surface area contributed by atoms with Gasteiger partial charge in [-0.1, -0.05) is 12.1 Å². The Bertz CT molecular complexity index is 1430. The molecule has 0 aliphatic heterocycles. The number of benzene rings is 3. The van der Waals surface area contributed by atoms with Gasteiger partial charge in [-0.25, -0.2) is 4.98 Å². The zero-order valence-electron chi connectivity index (χ0n) is 17.7. The Labute approximate surface area is 186 Å². The molecule has 3 aromatic carbocycles. The molecule has 0 bridgehead atoms. The van der Waals surface area contributed by atoms with E-state index in [9.17, 15) is 22.8 Å². The summed E-state index contributed by atoms with van der Waals surface area (Å²) in [7, 11) is 1.62. The molecule has 0 aliphatic rings. The first-order valence-electron chi connectivity index (χ1n) is 9.93. The normalized spacial score (nSPS) is 11.4. The van der Waals surface area contributed by atoms with Gasteiger partial charge < -0.3 is 15.2 Å². The van der Waals surface area contributed by atoms with Gasteiger partial charge in [0.15, 0.2) is 0 Å². The van der Waals surface area contributed by atoms with Gasteiger partial charge in [-0.2, -0.15) is 13.2 Å². The minimum Gasteiger partial charge on any atom is -0.355 e. The molecule has 6 nitrogen and oxygen atoms in total. The van der Waals surface area contributed by atoms with Crippen LogP contribution in [0.25, 0.3) is 10.9 Å². The Morgan fingerprint density at radius 1 is 1.00 bits per heavy atom. The van der Waals surface area contributed by atoms with Gasteiger partial charge in [0.25, 0.3) is 11.5 Å².